The molecule has 0 aromatic heterocycles. The van der Waals surface area contributed by atoms with Crippen LogP contribution in [0.3, 0.4) is 0 Å². The largest absolute Gasteiger partial charge is 0.311 e. The first-order valence-electron chi connectivity index (χ1n) is 7.30. The second kappa shape index (κ2) is 5.99. The quantitative estimate of drug-likeness (QED) is 0.600. The van der Waals surface area contributed by atoms with Crippen LogP contribution in [0.15, 0.2) is 48.5 Å². The molecule has 1 aliphatic rings. The van der Waals surface area contributed by atoms with Gasteiger partial charge in [-0.05, 0) is 31.5 Å². The average molecular weight is 348 g/mol. The predicted molar refractivity (Wildman–Crippen MR) is 92.3 cm³/mol. The lowest BCUT2D eigenvalue weighted by molar-refractivity contribution is -0.122. The van der Waals surface area contributed by atoms with Crippen molar-refractivity contribution in [3.8, 4) is 0 Å². The molecule has 2 aromatic carbocycles. The van der Waals surface area contributed by atoms with Crippen LogP contribution < -0.4 is 4.90 Å². The highest BCUT2D eigenvalue weighted by molar-refractivity contribution is 6.42. The van der Waals surface area contributed by atoms with E-state index >= 15 is 0 Å². The van der Waals surface area contributed by atoms with Gasteiger partial charge in [0.1, 0.15) is 5.41 Å². The molecule has 1 aliphatic heterocycles. The molecule has 1 fully saturated rings. The molecule has 118 valence electrons. The third-order valence-corrected chi connectivity index (χ3v) is 5.04. The maximum Gasteiger partial charge on any atom is 0.240 e. The summed E-state index contributed by atoms with van der Waals surface area (Å²) in [6.45, 7) is 2.19. The molecule has 0 bridgehead atoms. The monoisotopic (exact) mass is 347 g/mol. The van der Waals surface area contributed by atoms with Crippen LogP contribution in [0.4, 0.5) is 5.69 Å². The van der Waals surface area contributed by atoms with Crippen LogP contribution >= 0.6 is 23.2 Å². The Morgan fingerprint density at radius 2 is 1.78 bits per heavy atom. The highest BCUT2D eigenvalue weighted by atomic mass is 35.5. The van der Waals surface area contributed by atoms with Crippen molar-refractivity contribution in [3.63, 3.8) is 0 Å². The summed E-state index contributed by atoms with van der Waals surface area (Å²) < 4.78 is 0. The number of amides is 1. The Morgan fingerprint density at radius 3 is 2.43 bits per heavy atom. The molecule has 2 aromatic rings. The van der Waals surface area contributed by atoms with E-state index in [1.807, 2.05) is 6.07 Å². The summed E-state index contributed by atoms with van der Waals surface area (Å²) in [7, 11) is 0. The number of hydrogen-bond donors (Lipinski definition) is 0. The van der Waals surface area contributed by atoms with E-state index in [9.17, 15) is 9.59 Å². The predicted octanol–water partition coefficient (Wildman–Crippen LogP) is 4.62. The number of rotatable bonds is 3. The van der Waals surface area contributed by atoms with Gasteiger partial charge < -0.3 is 4.90 Å². The zero-order valence-electron chi connectivity index (χ0n) is 12.6. The molecular weight excluding hydrogens is 333 g/mol. The van der Waals surface area contributed by atoms with Crippen LogP contribution in [-0.4, -0.2) is 18.2 Å². The molecule has 3 nitrogen and oxygen atoms in total. The lowest BCUT2D eigenvalue weighted by Crippen LogP contribution is -2.38. The van der Waals surface area contributed by atoms with Gasteiger partial charge in [-0.1, -0.05) is 53.5 Å². The van der Waals surface area contributed by atoms with Crippen LogP contribution in [0, 0.1) is 5.41 Å². The fraction of sp³-hybridized carbons (Fsp3) is 0.222. The van der Waals surface area contributed by atoms with Crippen molar-refractivity contribution >= 4 is 40.6 Å². The van der Waals surface area contributed by atoms with Gasteiger partial charge in [-0.3, -0.25) is 9.59 Å². The second-order valence-corrected chi connectivity index (χ2v) is 6.65. The Labute approximate surface area is 144 Å². The van der Waals surface area contributed by atoms with Crippen LogP contribution in [-0.2, 0) is 4.79 Å². The maximum atomic E-state index is 12.9. The number of nitrogens with zero attached hydrogens (tertiary/aromatic N) is 1. The van der Waals surface area contributed by atoms with Gasteiger partial charge in [-0.2, -0.15) is 0 Å². The van der Waals surface area contributed by atoms with E-state index in [0.29, 0.717) is 34.3 Å². The van der Waals surface area contributed by atoms with Gasteiger partial charge in [0.25, 0.3) is 0 Å². The van der Waals surface area contributed by atoms with E-state index in [-0.39, 0.29) is 11.7 Å². The van der Waals surface area contributed by atoms with Gasteiger partial charge in [0.15, 0.2) is 5.78 Å². The number of benzene rings is 2. The Bertz CT molecular complexity index is 776. The van der Waals surface area contributed by atoms with Gasteiger partial charge in [-0.25, -0.2) is 0 Å². The molecule has 1 saturated heterocycles. The summed E-state index contributed by atoms with van der Waals surface area (Å²) in [5.74, 6) is -0.351. The third kappa shape index (κ3) is 2.75. The van der Waals surface area contributed by atoms with Crippen molar-refractivity contribution in [2.75, 3.05) is 11.4 Å². The van der Waals surface area contributed by atoms with Crippen molar-refractivity contribution in [1.29, 1.82) is 0 Å². The van der Waals surface area contributed by atoms with E-state index < -0.39 is 5.41 Å². The summed E-state index contributed by atoms with van der Waals surface area (Å²) in [4.78, 5) is 27.3. The molecule has 5 heteroatoms. The highest BCUT2D eigenvalue weighted by Crippen LogP contribution is 2.38. The summed E-state index contributed by atoms with van der Waals surface area (Å²) in [6, 6.07) is 14.0. The van der Waals surface area contributed by atoms with Gasteiger partial charge in [0.05, 0.1) is 10.0 Å². The number of ketones is 1. The molecule has 0 N–H and O–H groups in total. The minimum atomic E-state index is -1.05. The second-order valence-electron chi connectivity index (χ2n) is 5.83. The number of hydrogen-bond acceptors (Lipinski definition) is 2. The van der Waals surface area contributed by atoms with Gasteiger partial charge in [-0.15, -0.1) is 0 Å². The van der Waals surface area contributed by atoms with Crippen molar-refractivity contribution in [2.45, 2.75) is 13.3 Å². The van der Waals surface area contributed by atoms with E-state index in [0.717, 1.165) is 0 Å². The summed E-state index contributed by atoms with van der Waals surface area (Å²) in [6.07, 6.45) is 0.472. The number of carbonyl (C=O) groups is 2. The number of anilines is 1. The summed E-state index contributed by atoms with van der Waals surface area (Å²) >= 11 is 12.0. The molecular formula is C18H15Cl2NO2. The molecule has 1 unspecified atom stereocenters. The summed E-state index contributed by atoms with van der Waals surface area (Å²) in [5.41, 5.74) is 0.168. The highest BCUT2D eigenvalue weighted by Gasteiger charge is 2.49. The van der Waals surface area contributed by atoms with Crippen molar-refractivity contribution in [2.24, 2.45) is 5.41 Å². The zero-order chi connectivity index (χ0) is 16.6. The first-order valence-corrected chi connectivity index (χ1v) is 8.06. The molecule has 0 radical (unpaired) electrons. The number of Topliss-reactive ketones (excluding diaryl/α,β-unsaturated/α-hetero) is 1. The smallest absolute Gasteiger partial charge is 0.240 e. The topological polar surface area (TPSA) is 37.4 Å². The van der Waals surface area contributed by atoms with E-state index in [2.05, 4.69) is 0 Å². The van der Waals surface area contributed by atoms with Crippen LogP contribution in [0.5, 0.6) is 0 Å². The van der Waals surface area contributed by atoms with Gasteiger partial charge in [0, 0.05) is 17.8 Å². The molecule has 1 heterocycles. The maximum absolute atomic E-state index is 12.9. The van der Waals surface area contributed by atoms with Crippen LogP contribution in [0.25, 0.3) is 0 Å². The van der Waals surface area contributed by atoms with E-state index in [1.165, 1.54) is 0 Å². The molecule has 1 atom stereocenters. The molecule has 0 spiro atoms. The van der Waals surface area contributed by atoms with Gasteiger partial charge >= 0.3 is 0 Å². The minimum absolute atomic E-state index is 0.148. The van der Waals surface area contributed by atoms with Crippen molar-refractivity contribution in [1.82, 2.24) is 0 Å². The fourth-order valence-corrected chi connectivity index (χ4v) is 3.15. The standard InChI is InChI=1S/C18H15Cl2NO2/c1-18(16(22)12-5-3-2-4-6-12)9-10-21(17(18)23)13-7-8-14(19)15(20)11-13/h2-8,11H,9-10H2,1H3. The number of halogens is 2. The molecule has 0 saturated carbocycles. The number of carbonyl (C=O) groups excluding carboxylic acids is 2. The van der Waals surface area contributed by atoms with Crippen LogP contribution in [0.2, 0.25) is 10.0 Å². The Morgan fingerprint density at radius 1 is 1.09 bits per heavy atom. The van der Waals surface area contributed by atoms with Crippen LogP contribution in [0.1, 0.15) is 23.7 Å². The zero-order valence-corrected chi connectivity index (χ0v) is 14.1. The van der Waals surface area contributed by atoms with Crippen molar-refractivity contribution < 1.29 is 9.59 Å². The van der Waals surface area contributed by atoms with E-state index in [4.69, 9.17) is 23.2 Å². The lowest BCUT2D eigenvalue weighted by Gasteiger charge is -2.22. The minimum Gasteiger partial charge on any atom is -0.311 e. The first-order chi connectivity index (χ1) is 10.9. The lowest BCUT2D eigenvalue weighted by atomic mass is 9.81. The Kier molecular flexibility index (Phi) is 4.17. The summed E-state index contributed by atoms with van der Waals surface area (Å²) in [5, 5.41) is 0.824. The first kappa shape index (κ1) is 16.0. The molecule has 0 aliphatic carbocycles. The van der Waals surface area contributed by atoms with Crippen molar-refractivity contribution in [3.05, 3.63) is 64.1 Å². The Balaban J connectivity index is 1.91. The third-order valence-electron chi connectivity index (χ3n) is 4.30. The SMILES string of the molecule is CC1(C(=O)c2ccccc2)CCN(c2ccc(Cl)c(Cl)c2)C1=O. The molecule has 23 heavy (non-hydrogen) atoms. The normalized spacial score (nSPS) is 20.8. The van der Waals surface area contributed by atoms with Gasteiger partial charge in [0.2, 0.25) is 5.91 Å². The van der Waals surface area contributed by atoms with E-state index in [1.54, 1.807) is 54.3 Å². The molecule has 1 amide bonds. The Hall–Kier alpha value is -1.84. The fourth-order valence-electron chi connectivity index (χ4n) is 2.86. The average Bonchev–Trinajstić information content (AvgIpc) is 2.87. The molecule has 3 rings (SSSR count).